The lowest BCUT2D eigenvalue weighted by atomic mass is 10.00. The van der Waals surface area contributed by atoms with E-state index in [1.165, 1.54) is 0 Å². The number of hydrogen-bond donors (Lipinski definition) is 1. The third kappa shape index (κ3) is 3.30. The van der Waals surface area contributed by atoms with E-state index in [9.17, 15) is 9.59 Å². The van der Waals surface area contributed by atoms with Crippen LogP contribution in [0.1, 0.15) is 36.2 Å². The van der Waals surface area contributed by atoms with E-state index in [4.69, 9.17) is 0 Å². The SMILES string of the molecule is CC(C)C(=O)Nc1ccc2c(c1)N(C(=O)c1cccnc1)CCC2. The molecule has 0 atom stereocenters. The molecule has 5 heteroatoms. The number of carbonyl (C=O) groups excluding carboxylic acids is 2. The number of anilines is 2. The lowest BCUT2D eigenvalue weighted by Gasteiger charge is -2.30. The molecule has 1 aliphatic rings. The van der Waals surface area contributed by atoms with Crippen LogP contribution in [0.25, 0.3) is 0 Å². The number of nitrogens with zero attached hydrogens (tertiary/aromatic N) is 2. The first-order valence-electron chi connectivity index (χ1n) is 8.22. The molecule has 5 nitrogen and oxygen atoms in total. The predicted octanol–water partition coefficient (Wildman–Crippen LogP) is 3.27. The van der Waals surface area contributed by atoms with Gasteiger partial charge in [-0.25, -0.2) is 0 Å². The van der Waals surface area contributed by atoms with Gasteiger partial charge in [0.1, 0.15) is 0 Å². The molecule has 0 spiro atoms. The van der Waals surface area contributed by atoms with Gasteiger partial charge in [0.2, 0.25) is 5.91 Å². The van der Waals surface area contributed by atoms with E-state index in [0.29, 0.717) is 12.1 Å². The van der Waals surface area contributed by atoms with E-state index in [-0.39, 0.29) is 17.7 Å². The Morgan fingerprint density at radius 1 is 1.25 bits per heavy atom. The first kappa shape index (κ1) is 16.2. The first-order chi connectivity index (χ1) is 11.6. The standard InChI is InChI=1S/C19H21N3O2/c1-13(2)18(23)21-16-8-7-14-6-4-10-22(17(14)11-16)19(24)15-5-3-9-20-12-15/h3,5,7-9,11-13H,4,6,10H2,1-2H3,(H,21,23). The van der Waals surface area contributed by atoms with Crippen molar-refractivity contribution in [2.45, 2.75) is 26.7 Å². The molecule has 2 heterocycles. The number of aromatic nitrogens is 1. The van der Waals surface area contributed by atoms with Gasteiger partial charge < -0.3 is 10.2 Å². The fourth-order valence-corrected chi connectivity index (χ4v) is 2.79. The maximum absolute atomic E-state index is 12.8. The molecule has 2 aromatic rings. The maximum Gasteiger partial charge on any atom is 0.259 e. The minimum Gasteiger partial charge on any atom is -0.326 e. The molecule has 0 radical (unpaired) electrons. The van der Waals surface area contributed by atoms with Gasteiger partial charge in [-0.05, 0) is 42.7 Å². The highest BCUT2D eigenvalue weighted by Crippen LogP contribution is 2.31. The van der Waals surface area contributed by atoms with Crippen molar-refractivity contribution in [3.8, 4) is 0 Å². The van der Waals surface area contributed by atoms with Crippen molar-refractivity contribution < 1.29 is 9.59 Å². The van der Waals surface area contributed by atoms with Gasteiger partial charge >= 0.3 is 0 Å². The van der Waals surface area contributed by atoms with Crippen molar-refractivity contribution in [3.63, 3.8) is 0 Å². The molecule has 0 fully saturated rings. The molecule has 124 valence electrons. The predicted molar refractivity (Wildman–Crippen MR) is 94.1 cm³/mol. The van der Waals surface area contributed by atoms with E-state index in [2.05, 4.69) is 10.3 Å². The summed E-state index contributed by atoms with van der Waals surface area (Å²) in [6, 6.07) is 9.32. The number of amides is 2. The summed E-state index contributed by atoms with van der Waals surface area (Å²) in [4.78, 5) is 30.5. The summed E-state index contributed by atoms with van der Waals surface area (Å²) in [6.07, 6.45) is 5.10. The van der Waals surface area contributed by atoms with Crippen LogP contribution in [-0.2, 0) is 11.2 Å². The second-order valence-corrected chi connectivity index (χ2v) is 6.29. The smallest absolute Gasteiger partial charge is 0.259 e. The Labute approximate surface area is 141 Å². The molecule has 1 aromatic carbocycles. The largest absolute Gasteiger partial charge is 0.326 e. The summed E-state index contributed by atoms with van der Waals surface area (Å²) in [5, 5.41) is 2.90. The Hall–Kier alpha value is -2.69. The van der Waals surface area contributed by atoms with Crippen molar-refractivity contribution in [2.24, 2.45) is 5.92 Å². The number of carbonyl (C=O) groups is 2. The summed E-state index contributed by atoms with van der Waals surface area (Å²) in [5.41, 5.74) is 3.29. The second-order valence-electron chi connectivity index (χ2n) is 6.29. The Kier molecular flexibility index (Phi) is 4.60. The number of benzene rings is 1. The normalized spacial score (nSPS) is 13.5. The van der Waals surface area contributed by atoms with Gasteiger partial charge in [-0.15, -0.1) is 0 Å². The summed E-state index contributed by atoms with van der Waals surface area (Å²) >= 11 is 0. The van der Waals surface area contributed by atoms with Crippen LogP contribution in [0.15, 0.2) is 42.7 Å². The van der Waals surface area contributed by atoms with Crippen molar-refractivity contribution in [3.05, 3.63) is 53.9 Å². The summed E-state index contributed by atoms with van der Waals surface area (Å²) in [7, 11) is 0. The van der Waals surface area contributed by atoms with Gasteiger partial charge in [-0.2, -0.15) is 0 Å². The number of fused-ring (bicyclic) bond motifs is 1. The second kappa shape index (κ2) is 6.83. The Balaban J connectivity index is 1.91. The quantitative estimate of drug-likeness (QED) is 0.943. The van der Waals surface area contributed by atoms with Gasteiger partial charge in [-0.3, -0.25) is 14.6 Å². The van der Waals surface area contributed by atoms with E-state index in [1.54, 1.807) is 29.4 Å². The molecular weight excluding hydrogens is 302 g/mol. The lowest BCUT2D eigenvalue weighted by Crippen LogP contribution is -2.35. The van der Waals surface area contributed by atoms with Gasteiger partial charge in [0.05, 0.1) is 5.56 Å². The molecule has 0 aliphatic carbocycles. The number of pyridine rings is 1. The average molecular weight is 323 g/mol. The fourth-order valence-electron chi connectivity index (χ4n) is 2.79. The van der Waals surface area contributed by atoms with Crippen LogP contribution in [-0.4, -0.2) is 23.3 Å². The topological polar surface area (TPSA) is 62.3 Å². The highest BCUT2D eigenvalue weighted by atomic mass is 16.2. The zero-order valence-corrected chi connectivity index (χ0v) is 14.0. The monoisotopic (exact) mass is 323 g/mol. The zero-order chi connectivity index (χ0) is 17.1. The Bertz CT molecular complexity index is 756. The lowest BCUT2D eigenvalue weighted by molar-refractivity contribution is -0.118. The van der Waals surface area contributed by atoms with Crippen molar-refractivity contribution >= 4 is 23.2 Å². The molecule has 0 saturated carbocycles. The Morgan fingerprint density at radius 3 is 2.79 bits per heavy atom. The van der Waals surface area contributed by atoms with Crippen LogP contribution in [0.3, 0.4) is 0 Å². The van der Waals surface area contributed by atoms with Crippen LogP contribution in [0.5, 0.6) is 0 Å². The van der Waals surface area contributed by atoms with Gasteiger partial charge in [-0.1, -0.05) is 19.9 Å². The molecule has 1 aromatic heterocycles. The fraction of sp³-hybridized carbons (Fsp3) is 0.316. The number of rotatable bonds is 3. The molecule has 1 N–H and O–H groups in total. The van der Waals surface area contributed by atoms with E-state index in [0.717, 1.165) is 29.8 Å². The number of nitrogens with one attached hydrogen (secondary N) is 1. The molecule has 2 amide bonds. The van der Waals surface area contributed by atoms with Crippen LogP contribution in [0.4, 0.5) is 11.4 Å². The molecule has 0 saturated heterocycles. The van der Waals surface area contributed by atoms with Crippen molar-refractivity contribution in [1.82, 2.24) is 4.98 Å². The minimum atomic E-state index is -0.0887. The minimum absolute atomic E-state index is 0.0316. The first-order valence-corrected chi connectivity index (χ1v) is 8.22. The average Bonchev–Trinajstić information content (AvgIpc) is 2.61. The highest BCUT2D eigenvalue weighted by molar-refractivity contribution is 6.07. The maximum atomic E-state index is 12.8. The zero-order valence-electron chi connectivity index (χ0n) is 14.0. The van der Waals surface area contributed by atoms with E-state index >= 15 is 0 Å². The third-order valence-electron chi connectivity index (χ3n) is 4.15. The molecule has 3 rings (SSSR count). The van der Waals surface area contributed by atoms with Crippen LogP contribution >= 0.6 is 0 Å². The van der Waals surface area contributed by atoms with Crippen molar-refractivity contribution in [2.75, 3.05) is 16.8 Å². The summed E-state index contributed by atoms with van der Waals surface area (Å²) in [6.45, 7) is 4.38. The van der Waals surface area contributed by atoms with Crippen molar-refractivity contribution in [1.29, 1.82) is 0 Å². The van der Waals surface area contributed by atoms with E-state index in [1.807, 2.05) is 32.0 Å². The van der Waals surface area contributed by atoms with Crippen LogP contribution in [0.2, 0.25) is 0 Å². The Morgan fingerprint density at radius 2 is 2.08 bits per heavy atom. The van der Waals surface area contributed by atoms with Crippen LogP contribution < -0.4 is 10.2 Å². The summed E-state index contributed by atoms with van der Waals surface area (Å²) in [5.74, 6) is -0.179. The molecule has 0 bridgehead atoms. The van der Waals surface area contributed by atoms with Gasteiger partial charge in [0.15, 0.2) is 0 Å². The number of hydrogen-bond acceptors (Lipinski definition) is 3. The van der Waals surface area contributed by atoms with Gasteiger partial charge in [0.25, 0.3) is 5.91 Å². The number of aryl methyl sites for hydroxylation is 1. The molecule has 1 aliphatic heterocycles. The third-order valence-corrected chi connectivity index (χ3v) is 4.15. The van der Waals surface area contributed by atoms with E-state index < -0.39 is 0 Å². The highest BCUT2D eigenvalue weighted by Gasteiger charge is 2.24. The summed E-state index contributed by atoms with van der Waals surface area (Å²) < 4.78 is 0. The molecule has 24 heavy (non-hydrogen) atoms. The van der Waals surface area contributed by atoms with Crippen LogP contribution in [0, 0.1) is 5.92 Å². The van der Waals surface area contributed by atoms with Gasteiger partial charge in [0, 0.05) is 36.2 Å². The molecule has 0 unspecified atom stereocenters. The molecular formula is C19H21N3O2.